The number of benzene rings is 2. The summed E-state index contributed by atoms with van der Waals surface area (Å²) in [6.45, 7) is 8.15. The molecule has 0 N–H and O–H groups in total. The van der Waals surface area contributed by atoms with Crippen LogP contribution in [0.5, 0.6) is 0 Å². The molecular formula is C24H22. The molecule has 0 bridgehead atoms. The van der Waals surface area contributed by atoms with Crippen LogP contribution in [0.2, 0.25) is 0 Å². The first-order chi connectivity index (χ1) is 11.4. The van der Waals surface area contributed by atoms with Crippen molar-refractivity contribution in [2.75, 3.05) is 0 Å². The Morgan fingerprint density at radius 3 is 1.17 bits per heavy atom. The van der Waals surface area contributed by atoms with Crippen LogP contribution in [-0.2, 0) is 0 Å². The first kappa shape index (κ1) is 17.5. The normalized spacial score (nSPS) is 10.3. The monoisotopic (exact) mass is 310 g/mol. The van der Waals surface area contributed by atoms with Crippen molar-refractivity contribution in [2.24, 2.45) is 10.8 Å². The van der Waals surface area contributed by atoms with Crippen molar-refractivity contribution in [3.05, 3.63) is 71.8 Å². The Morgan fingerprint density at radius 2 is 0.833 bits per heavy atom. The van der Waals surface area contributed by atoms with Gasteiger partial charge in [-0.05, 0) is 52.0 Å². The Bertz CT molecular complexity index is 776. The van der Waals surface area contributed by atoms with Gasteiger partial charge in [0.25, 0.3) is 0 Å². The predicted octanol–water partition coefficient (Wildman–Crippen LogP) is 5.15. The third kappa shape index (κ3) is 6.08. The highest BCUT2D eigenvalue weighted by Gasteiger charge is 2.14. The van der Waals surface area contributed by atoms with Gasteiger partial charge in [-0.1, -0.05) is 71.9 Å². The second-order valence-electron chi connectivity index (χ2n) is 6.73. The lowest BCUT2D eigenvalue weighted by molar-refractivity contribution is 0.655. The van der Waals surface area contributed by atoms with Crippen molar-refractivity contribution in [3.8, 4) is 35.5 Å². The van der Waals surface area contributed by atoms with Gasteiger partial charge in [-0.2, -0.15) is 0 Å². The van der Waals surface area contributed by atoms with E-state index in [1.54, 1.807) is 0 Å². The van der Waals surface area contributed by atoms with Crippen LogP contribution >= 0.6 is 0 Å². The van der Waals surface area contributed by atoms with Crippen molar-refractivity contribution in [1.82, 2.24) is 0 Å². The molecule has 0 amide bonds. The van der Waals surface area contributed by atoms with Crippen LogP contribution in [-0.4, -0.2) is 0 Å². The molecule has 0 aliphatic rings. The fraction of sp³-hybridized carbons (Fsp3) is 0.250. The lowest BCUT2D eigenvalue weighted by atomic mass is 9.89. The molecule has 0 saturated carbocycles. The Labute approximate surface area is 146 Å². The van der Waals surface area contributed by atoms with E-state index in [2.05, 4.69) is 35.5 Å². The van der Waals surface area contributed by atoms with Crippen molar-refractivity contribution >= 4 is 0 Å². The molecule has 2 aromatic rings. The summed E-state index contributed by atoms with van der Waals surface area (Å²) in [4.78, 5) is 0. The minimum absolute atomic E-state index is 0.373. The zero-order chi connectivity index (χ0) is 17.5. The number of hydrogen-bond acceptors (Lipinski definition) is 0. The fourth-order valence-electron chi connectivity index (χ4n) is 1.87. The Hall–Kier alpha value is -2.88. The summed E-state index contributed by atoms with van der Waals surface area (Å²) < 4.78 is 0. The van der Waals surface area contributed by atoms with Gasteiger partial charge in [0.2, 0.25) is 0 Å². The molecule has 0 spiro atoms. The lowest BCUT2D eigenvalue weighted by Gasteiger charge is -2.12. The zero-order valence-electron chi connectivity index (χ0n) is 14.8. The maximum absolute atomic E-state index is 3.28. The van der Waals surface area contributed by atoms with Crippen LogP contribution in [0.25, 0.3) is 0 Å². The highest BCUT2D eigenvalue weighted by Crippen LogP contribution is 2.17. The summed E-state index contributed by atoms with van der Waals surface area (Å²) in [5, 5.41) is 0. The molecule has 118 valence electrons. The zero-order valence-corrected chi connectivity index (χ0v) is 14.8. The minimum Gasteiger partial charge on any atom is -0.0824 e. The van der Waals surface area contributed by atoms with Crippen LogP contribution < -0.4 is 0 Å². The van der Waals surface area contributed by atoms with Crippen LogP contribution in [0.4, 0.5) is 0 Å². The molecule has 24 heavy (non-hydrogen) atoms. The van der Waals surface area contributed by atoms with E-state index >= 15 is 0 Å². The number of rotatable bonds is 0. The maximum Gasteiger partial charge on any atom is 0.0867 e. The summed E-state index contributed by atoms with van der Waals surface area (Å²) in [6, 6.07) is 20.0. The maximum atomic E-state index is 3.28. The molecule has 0 atom stereocenters. The van der Waals surface area contributed by atoms with Crippen molar-refractivity contribution in [2.45, 2.75) is 27.7 Å². The Balaban J connectivity index is 2.15. The molecule has 0 fully saturated rings. The SMILES string of the molecule is CC(C)(C#Cc1ccccc1)C#CC(C)(C)C#Cc1ccccc1. The van der Waals surface area contributed by atoms with Gasteiger partial charge in [0.1, 0.15) is 0 Å². The van der Waals surface area contributed by atoms with E-state index in [1.165, 1.54) is 0 Å². The van der Waals surface area contributed by atoms with E-state index in [0.717, 1.165) is 11.1 Å². The van der Waals surface area contributed by atoms with E-state index in [-0.39, 0.29) is 10.8 Å². The van der Waals surface area contributed by atoms with Gasteiger partial charge in [0.05, 0.1) is 10.8 Å². The largest absolute Gasteiger partial charge is 0.0867 e. The molecule has 0 aliphatic carbocycles. The molecule has 0 heterocycles. The molecule has 0 nitrogen and oxygen atoms in total. The van der Waals surface area contributed by atoms with Crippen molar-refractivity contribution in [3.63, 3.8) is 0 Å². The lowest BCUT2D eigenvalue weighted by Crippen LogP contribution is -2.09. The van der Waals surface area contributed by atoms with Gasteiger partial charge in [-0.25, -0.2) is 0 Å². The average Bonchev–Trinajstić information content (AvgIpc) is 2.59. The molecule has 0 heteroatoms. The Morgan fingerprint density at radius 1 is 0.500 bits per heavy atom. The molecule has 0 unspecified atom stereocenters. The van der Waals surface area contributed by atoms with Crippen LogP contribution in [0.3, 0.4) is 0 Å². The topological polar surface area (TPSA) is 0 Å². The molecule has 0 saturated heterocycles. The molecule has 0 aliphatic heterocycles. The van der Waals surface area contributed by atoms with Gasteiger partial charge in [0, 0.05) is 11.1 Å². The highest BCUT2D eigenvalue weighted by molar-refractivity contribution is 5.40. The number of hydrogen-bond donors (Lipinski definition) is 0. The van der Waals surface area contributed by atoms with Gasteiger partial charge in [-0.15, -0.1) is 0 Å². The first-order valence-corrected chi connectivity index (χ1v) is 8.07. The third-order valence-corrected chi connectivity index (χ3v) is 3.27. The van der Waals surface area contributed by atoms with Crippen LogP contribution in [0.15, 0.2) is 60.7 Å². The molecule has 0 aromatic heterocycles. The first-order valence-electron chi connectivity index (χ1n) is 8.07. The predicted molar refractivity (Wildman–Crippen MR) is 102 cm³/mol. The molecule has 2 aromatic carbocycles. The van der Waals surface area contributed by atoms with E-state index < -0.39 is 0 Å². The molecule has 2 rings (SSSR count). The highest BCUT2D eigenvalue weighted by atomic mass is 14.1. The quantitative estimate of drug-likeness (QED) is 0.591. The summed E-state index contributed by atoms with van der Waals surface area (Å²) >= 11 is 0. The van der Waals surface area contributed by atoms with E-state index in [9.17, 15) is 0 Å². The van der Waals surface area contributed by atoms with Crippen LogP contribution in [0, 0.1) is 46.4 Å². The standard InChI is InChI=1S/C24H22/c1-23(2,17-15-21-11-7-5-8-12-21)19-20-24(3,4)18-16-22-13-9-6-10-14-22/h5-14H,1-4H3. The fourth-order valence-corrected chi connectivity index (χ4v) is 1.87. The van der Waals surface area contributed by atoms with E-state index in [1.807, 2.05) is 88.4 Å². The summed E-state index contributed by atoms with van der Waals surface area (Å²) in [6.07, 6.45) is 0. The molecular weight excluding hydrogens is 288 g/mol. The molecule has 0 radical (unpaired) electrons. The summed E-state index contributed by atoms with van der Waals surface area (Å²) in [7, 11) is 0. The van der Waals surface area contributed by atoms with Gasteiger partial charge >= 0.3 is 0 Å². The van der Waals surface area contributed by atoms with Crippen molar-refractivity contribution < 1.29 is 0 Å². The van der Waals surface area contributed by atoms with Gasteiger partial charge < -0.3 is 0 Å². The third-order valence-electron chi connectivity index (χ3n) is 3.27. The smallest absolute Gasteiger partial charge is 0.0824 e. The van der Waals surface area contributed by atoms with E-state index in [0.29, 0.717) is 0 Å². The van der Waals surface area contributed by atoms with E-state index in [4.69, 9.17) is 0 Å². The average molecular weight is 310 g/mol. The van der Waals surface area contributed by atoms with Crippen molar-refractivity contribution in [1.29, 1.82) is 0 Å². The second-order valence-corrected chi connectivity index (χ2v) is 6.73. The minimum atomic E-state index is -0.373. The summed E-state index contributed by atoms with van der Waals surface area (Å²) in [5.74, 6) is 19.4. The summed E-state index contributed by atoms with van der Waals surface area (Å²) in [5.41, 5.74) is 1.27. The van der Waals surface area contributed by atoms with Crippen LogP contribution in [0.1, 0.15) is 38.8 Å². The van der Waals surface area contributed by atoms with Gasteiger partial charge in [0.15, 0.2) is 0 Å². The second kappa shape index (κ2) is 7.59. The van der Waals surface area contributed by atoms with Gasteiger partial charge in [-0.3, -0.25) is 0 Å². The Kier molecular flexibility index (Phi) is 5.53.